The van der Waals surface area contributed by atoms with Crippen molar-refractivity contribution >= 4 is 17.5 Å². The van der Waals surface area contributed by atoms with Crippen molar-refractivity contribution in [2.45, 2.75) is 26.2 Å². The molecule has 0 bridgehead atoms. The van der Waals surface area contributed by atoms with Crippen LogP contribution < -0.4 is 0 Å². The van der Waals surface area contributed by atoms with E-state index < -0.39 is 0 Å². The second kappa shape index (κ2) is 5.02. The van der Waals surface area contributed by atoms with Gasteiger partial charge in [0.2, 0.25) is 0 Å². The lowest BCUT2D eigenvalue weighted by atomic mass is 9.91. The Kier molecular flexibility index (Phi) is 4.11. The standard InChI is InChI=1S/C12H17ClN2O2/c1-12(2,3)9-6-8(7-10(13)14-9)11(16)15(4)17-5/h6-7H,1-5H3. The Morgan fingerprint density at radius 2 is 2.00 bits per heavy atom. The van der Waals surface area contributed by atoms with Gasteiger partial charge in [0, 0.05) is 23.7 Å². The lowest BCUT2D eigenvalue weighted by Gasteiger charge is -2.20. The van der Waals surface area contributed by atoms with Crippen molar-refractivity contribution in [2.75, 3.05) is 14.2 Å². The molecule has 1 heterocycles. The average Bonchev–Trinajstić information content (AvgIpc) is 2.25. The SMILES string of the molecule is CON(C)C(=O)c1cc(Cl)nc(C(C)(C)C)c1. The number of hydrogen-bond donors (Lipinski definition) is 0. The predicted octanol–water partition coefficient (Wildman–Crippen LogP) is 2.67. The monoisotopic (exact) mass is 256 g/mol. The summed E-state index contributed by atoms with van der Waals surface area (Å²) in [5.74, 6) is -0.248. The second-order valence-corrected chi connectivity index (χ2v) is 5.19. The summed E-state index contributed by atoms with van der Waals surface area (Å²) < 4.78 is 0. The number of rotatable bonds is 2. The van der Waals surface area contributed by atoms with Crippen LogP contribution in [-0.4, -0.2) is 30.1 Å². The number of carbonyl (C=O) groups excluding carboxylic acids is 1. The zero-order valence-electron chi connectivity index (χ0n) is 10.7. The zero-order chi connectivity index (χ0) is 13.2. The summed E-state index contributed by atoms with van der Waals surface area (Å²) in [5, 5.41) is 1.46. The number of nitrogens with zero attached hydrogens (tertiary/aromatic N) is 2. The van der Waals surface area contributed by atoms with Gasteiger partial charge in [-0.25, -0.2) is 10.0 Å². The van der Waals surface area contributed by atoms with Crippen LogP contribution in [-0.2, 0) is 10.3 Å². The van der Waals surface area contributed by atoms with Crippen molar-refractivity contribution in [3.63, 3.8) is 0 Å². The number of pyridine rings is 1. The van der Waals surface area contributed by atoms with E-state index in [0.717, 1.165) is 10.8 Å². The third kappa shape index (κ3) is 3.41. The van der Waals surface area contributed by atoms with Crippen LogP contribution in [0.2, 0.25) is 5.15 Å². The normalized spacial score (nSPS) is 11.4. The minimum Gasteiger partial charge on any atom is -0.274 e. The van der Waals surface area contributed by atoms with Crippen LogP contribution >= 0.6 is 11.6 Å². The van der Waals surface area contributed by atoms with Gasteiger partial charge >= 0.3 is 0 Å². The van der Waals surface area contributed by atoms with Gasteiger partial charge in [-0.15, -0.1) is 0 Å². The van der Waals surface area contributed by atoms with E-state index in [9.17, 15) is 4.79 Å². The number of aromatic nitrogens is 1. The highest BCUT2D eigenvalue weighted by atomic mass is 35.5. The van der Waals surface area contributed by atoms with Gasteiger partial charge in [-0.1, -0.05) is 32.4 Å². The molecule has 17 heavy (non-hydrogen) atoms. The number of halogens is 1. The molecule has 0 aliphatic heterocycles. The summed E-state index contributed by atoms with van der Waals surface area (Å²) >= 11 is 5.93. The van der Waals surface area contributed by atoms with Gasteiger partial charge in [0.25, 0.3) is 5.91 Å². The van der Waals surface area contributed by atoms with Crippen molar-refractivity contribution in [3.8, 4) is 0 Å². The molecule has 0 unspecified atom stereocenters. The molecule has 1 aromatic heterocycles. The van der Waals surface area contributed by atoms with E-state index in [-0.39, 0.29) is 11.3 Å². The van der Waals surface area contributed by atoms with Gasteiger partial charge < -0.3 is 0 Å². The lowest BCUT2D eigenvalue weighted by Crippen LogP contribution is -2.26. The first-order valence-corrected chi connectivity index (χ1v) is 5.63. The average molecular weight is 257 g/mol. The number of amides is 1. The van der Waals surface area contributed by atoms with Crippen LogP contribution in [0.1, 0.15) is 36.8 Å². The Morgan fingerprint density at radius 1 is 1.41 bits per heavy atom. The number of hydroxylamine groups is 2. The summed E-state index contributed by atoms with van der Waals surface area (Å²) in [6.45, 7) is 6.04. The molecule has 0 atom stereocenters. The molecular formula is C12H17ClN2O2. The predicted molar refractivity (Wildman–Crippen MR) is 67.0 cm³/mol. The fraction of sp³-hybridized carbons (Fsp3) is 0.500. The molecular weight excluding hydrogens is 240 g/mol. The highest BCUT2D eigenvalue weighted by molar-refractivity contribution is 6.29. The summed E-state index contributed by atoms with van der Waals surface area (Å²) in [4.78, 5) is 21.0. The van der Waals surface area contributed by atoms with Gasteiger partial charge in [0.15, 0.2) is 0 Å². The van der Waals surface area contributed by atoms with Gasteiger partial charge in [0.05, 0.1) is 7.11 Å². The molecule has 0 N–H and O–H groups in total. The minimum atomic E-state index is -0.248. The second-order valence-electron chi connectivity index (χ2n) is 4.80. The maximum absolute atomic E-state index is 11.9. The van der Waals surface area contributed by atoms with Gasteiger partial charge in [-0.2, -0.15) is 0 Å². The van der Waals surface area contributed by atoms with Crippen LogP contribution in [0.4, 0.5) is 0 Å². The highest BCUT2D eigenvalue weighted by Gasteiger charge is 2.20. The van der Waals surface area contributed by atoms with Gasteiger partial charge in [0.1, 0.15) is 5.15 Å². The van der Waals surface area contributed by atoms with Crippen molar-refractivity contribution in [1.29, 1.82) is 0 Å². The Bertz CT molecular complexity index is 427. The smallest absolute Gasteiger partial charge is 0.274 e. The summed E-state index contributed by atoms with van der Waals surface area (Å²) in [6.07, 6.45) is 0. The van der Waals surface area contributed by atoms with Crippen LogP contribution in [0.15, 0.2) is 12.1 Å². The van der Waals surface area contributed by atoms with Crippen LogP contribution in [0.5, 0.6) is 0 Å². The fourth-order valence-corrected chi connectivity index (χ4v) is 1.48. The van der Waals surface area contributed by atoms with Gasteiger partial charge in [-0.05, 0) is 12.1 Å². The molecule has 0 fully saturated rings. The molecule has 5 heteroatoms. The van der Waals surface area contributed by atoms with Crippen molar-refractivity contribution in [2.24, 2.45) is 0 Å². The largest absolute Gasteiger partial charge is 0.277 e. The Balaban J connectivity index is 3.19. The molecule has 1 rings (SSSR count). The summed E-state index contributed by atoms with van der Waals surface area (Å²) in [5.41, 5.74) is 1.09. The van der Waals surface area contributed by atoms with E-state index in [4.69, 9.17) is 16.4 Å². The first kappa shape index (κ1) is 13.9. The molecule has 0 saturated heterocycles. The third-order valence-electron chi connectivity index (χ3n) is 2.37. The first-order chi connectivity index (χ1) is 7.75. The quantitative estimate of drug-likeness (QED) is 0.604. The van der Waals surface area contributed by atoms with Crippen LogP contribution in [0, 0.1) is 0 Å². The third-order valence-corrected chi connectivity index (χ3v) is 2.56. The van der Waals surface area contributed by atoms with Crippen molar-refractivity contribution < 1.29 is 9.63 Å². The van der Waals surface area contributed by atoms with E-state index in [1.807, 2.05) is 20.8 Å². The molecule has 0 spiro atoms. The number of hydrogen-bond acceptors (Lipinski definition) is 3. The molecule has 0 saturated carbocycles. The molecule has 0 aromatic carbocycles. The van der Waals surface area contributed by atoms with Crippen molar-refractivity contribution in [3.05, 3.63) is 28.5 Å². The topological polar surface area (TPSA) is 42.4 Å². The molecule has 0 aliphatic carbocycles. The zero-order valence-corrected chi connectivity index (χ0v) is 11.5. The molecule has 0 radical (unpaired) electrons. The molecule has 4 nitrogen and oxygen atoms in total. The molecule has 1 aromatic rings. The Hall–Kier alpha value is -1.13. The van der Waals surface area contributed by atoms with E-state index in [2.05, 4.69) is 4.98 Å². The van der Waals surface area contributed by atoms with E-state index in [1.54, 1.807) is 13.1 Å². The van der Waals surface area contributed by atoms with E-state index in [0.29, 0.717) is 10.7 Å². The highest BCUT2D eigenvalue weighted by Crippen LogP contribution is 2.23. The van der Waals surface area contributed by atoms with Crippen molar-refractivity contribution in [1.82, 2.24) is 10.0 Å². The summed E-state index contributed by atoms with van der Waals surface area (Å²) in [6, 6.07) is 3.28. The van der Waals surface area contributed by atoms with Crippen LogP contribution in [0.3, 0.4) is 0 Å². The van der Waals surface area contributed by atoms with Crippen LogP contribution in [0.25, 0.3) is 0 Å². The summed E-state index contributed by atoms with van der Waals surface area (Å²) in [7, 11) is 2.98. The molecule has 0 aliphatic rings. The first-order valence-electron chi connectivity index (χ1n) is 5.26. The fourth-order valence-electron chi connectivity index (χ4n) is 1.27. The van der Waals surface area contributed by atoms with E-state index >= 15 is 0 Å². The van der Waals surface area contributed by atoms with E-state index in [1.165, 1.54) is 13.2 Å². The maximum atomic E-state index is 11.9. The Labute approximate surface area is 106 Å². The Morgan fingerprint density at radius 3 is 2.47 bits per heavy atom. The lowest BCUT2D eigenvalue weighted by molar-refractivity contribution is -0.0757. The maximum Gasteiger partial charge on any atom is 0.277 e. The molecule has 94 valence electrons. The van der Waals surface area contributed by atoms with Gasteiger partial charge in [-0.3, -0.25) is 9.63 Å². The molecule has 1 amide bonds. The number of carbonyl (C=O) groups is 1. The minimum absolute atomic E-state index is 0.161.